The van der Waals surface area contributed by atoms with Gasteiger partial charge in [0.05, 0.1) is 6.04 Å². The van der Waals surface area contributed by atoms with Crippen molar-refractivity contribution in [2.24, 2.45) is 5.73 Å². The topological polar surface area (TPSA) is 88.0 Å². The number of nitrogens with one attached hydrogen (secondary N) is 2. The third-order valence-corrected chi connectivity index (χ3v) is 3.80. The van der Waals surface area contributed by atoms with Crippen LogP contribution in [0, 0.1) is 0 Å². The second kappa shape index (κ2) is 5.96. The van der Waals surface area contributed by atoms with Crippen molar-refractivity contribution in [2.75, 3.05) is 0 Å². The van der Waals surface area contributed by atoms with Crippen LogP contribution in [0.25, 0.3) is 10.9 Å². The van der Waals surface area contributed by atoms with Crippen molar-refractivity contribution in [3.05, 3.63) is 71.4 Å². The number of aromatic amines is 1. The first-order valence-electron chi connectivity index (χ1n) is 7.33. The fraction of sp³-hybridized carbons (Fsp3) is 0.111. The van der Waals surface area contributed by atoms with Crippen LogP contribution in [0.3, 0.4) is 0 Å². The molecule has 0 aliphatic rings. The van der Waals surface area contributed by atoms with Gasteiger partial charge in [0.1, 0.15) is 5.69 Å². The van der Waals surface area contributed by atoms with Crippen LogP contribution in [0.4, 0.5) is 0 Å². The molecule has 23 heavy (non-hydrogen) atoms. The van der Waals surface area contributed by atoms with E-state index in [1.807, 2.05) is 37.3 Å². The van der Waals surface area contributed by atoms with Crippen molar-refractivity contribution < 1.29 is 9.59 Å². The van der Waals surface area contributed by atoms with E-state index in [9.17, 15) is 9.59 Å². The number of rotatable bonds is 4. The van der Waals surface area contributed by atoms with Gasteiger partial charge in [-0.2, -0.15) is 0 Å². The van der Waals surface area contributed by atoms with Crippen LogP contribution in [0.5, 0.6) is 0 Å². The van der Waals surface area contributed by atoms with Gasteiger partial charge in [-0.1, -0.05) is 36.4 Å². The number of hydrogen-bond donors (Lipinski definition) is 3. The molecule has 0 spiro atoms. The molecule has 0 radical (unpaired) electrons. The molecule has 1 heterocycles. The molecule has 0 saturated carbocycles. The smallest absolute Gasteiger partial charge is 0.268 e. The third-order valence-electron chi connectivity index (χ3n) is 3.80. The van der Waals surface area contributed by atoms with Crippen LogP contribution in [-0.4, -0.2) is 16.8 Å². The lowest BCUT2D eigenvalue weighted by molar-refractivity contribution is 0.0934. The highest BCUT2D eigenvalue weighted by Gasteiger charge is 2.14. The normalized spacial score (nSPS) is 12.0. The number of amides is 2. The highest BCUT2D eigenvalue weighted by molar-refractivity contribution is 6.01. The standard InChI is InChI=1S/C18H17N3O2/c1-11(12-5-3-2-4-6-12)20-18(23)16-9-13-7-8-14(17(19)22)10-15(13)21-16/h2-11,21H,1H3,(H2,19,22)(H,20,23). The average Bonchev–Trinajstić information content (AvgIpc) is 2.98. The molecule has 1 unspecified atom stereocenters. The molecule has 0 aliphatic carbocycles. The summed E-state index contributed by atoms with van der Waals surface area (Å²) in [5.41, 5.74) is 7.87. The highest BCUT2D eigenvalue weighted by atomic mass is 16.2. The maximum absolute atomic E-state index is 12.4. The molecule has 4 N–H and O–H groups in total. The number of carbonyl (C=O) groups is 2. The summed E-state index contributed by atoms with van der Waals surface area (Å²) < 4.78 is 0. The van der Waals surface area contributed by atoms with Crippen molar-refractivity contribution in [1.29, 1.82) is 0 Å². The summed E-state index contributed by atoms with van der Waals surface area (Å²) in [6.07, 6.45) is 0. The molecular weight excluding hydrogens is 290 g/mol. The first-order valence-corrected chi connectivity index (χ1v) is 7.33. The summed E-state index contributed by atoms with van der Waals surface area (Å²) in [6, 6.07) is 16.5. The molecule has 5 nitrogen and oxygen atoms in total. The minimum atomic E-state index is -0.495. The van der Waals surface area contributed by atoms with Crippen LogP contribution in [0.15, 0.2) is 54.6 Å². The van der Waals surface area contributed by atoms with Crippen molar-refractivity contribution in [2.45, 2.75) is 13.0 Å². The van der Waals surface area contributed by atoms with Gasteiger partial charge in [0, 0.05) is 16.5 Å². The van der Waals surface area contributed by atoms with E-state index in [1.54, 1.807) is 24.3 Å². The van der Waals surface area contributed by atoms with Gasteiger partial charge >= 0.3 is 0 Å². The largest absolute Gasteiger partial charge is 0.366 e. The number of benzene rings is 2. The summed E-state index contributed by atoms with van der Waals surface area (Å²) in [5, 5.41) is 3.80. The zero-order valence-corrected chi connectivity index (χ0v) is 12.7. The molecule has 5 heteroatoms. The molecule has 1 aromatic heterocycles. The Morgan fingerprint density at radius 3 is 2.52 bits per heavy atom. The lowest BCUT2D eigenvalue weighted by Gasteiger charge is -2.13. The summed E-state index contributed by atoms with van der Waals surface area (Å²) in [7, 11) is 0. The summed E-state index contributed by atoms with van der Waals surface area (Å²) >= 11 is 0. The van der Waals surface area contributed by atoms with Gasteiger partial charge in [-0.15, -0.1) is 0 Å². The number of carbonyl (C=O) groups excluding carboxylic acids is 2. The Bertz CT molecular complexity index is 868. The average molecular weight is 307 g/mol. The fourth-order valence-electron chi connectivity index (χ4n) is 2.50. The first-order chi connectivity index (χ1) is 11.0. The van der Waals surface area contributed by atoms with E-state index >= 15 is 0 Å². The SMILES string of the molecule is CC(NC(=O)c1cc2ccc(C(N)=O)cc2[nH]1)c1ccccc1. The molecule has 3 aromatic rings. The monoisotopic (exact) mass is 307 g/mol. The van der Waals surface area contributed by atoms with E-state index in [-0.39, 0.29) is 11.9 Å². The molecule has 1 atom stereocenters. The zero-order chi connectivity index (χ0) is 16.4. The molecule has 0 bridgehead atoms. The minimum Gasteiger partial charge on any atom is -0.366 e. The summed E-state index contributed by atoms with van der Waals surface area (Å²) in [6.45, 7) is 1.93. The van der Waals surface area contributed by atoms with Gasteiger partial charge in [-0.05, 0) is 30.7 Å². The molecule has 2 aromatic carbocycles. The van der Waals surface area contributed by atoms with Gasteiger partial charge in [0.25, 0.3) is 5.91 Å². The van der Waals surface area contributed by atoms with Crippen molar-refractivity contribution in [3.8, 4) is 0 Å². The zero-order valence-electron chi connectivity index (χ0n) is 12.7. The lowest BCUT2D eigenvalue weighted by Crippen LogP contribution is -2.26. The van der Waals surface area contributed by atoms with Crippen LogP contribution < -0.4 is 11.1 Å². The molecule has 116 valence electrons. The van der Waals surface area contributed by atoms with E-state index in [0.717, 1.165) is 10.9 Å². The number of nitrogens with two attached hydrogens (primary N) is 1. The predicted molar refractivity (Wildman–Crippen MR) is 89.1 cm³/mol. The van der Waals surface area contributed by atoms with Gasteiger partial charge in [0.15, 0.2) is 0 Å². The van der Waals surface area contributed by atoms with Crippen molar-refractivity contribution in [3.63, 3.8) is 0 Å². The molecule has 0 saturated heterocycles. The fourth-order valence-corrected chi connectivity index (χ4v) is 2.50. The highest BCUT2D eigenvalue weighted by Crippen LogP contribution is 2.18. The number of fused-ring (bicyclic) bond motifs is 1. The molecule has 0 aliphatic heterocycles. The van der Waals surface area contributed by atoms with Crippen molar-refractivity contribution in [1.82, 2.24) is 10.3 Å². The van der Waals surface area contributed by atoms with Crippen LogP contribution >= 0.6 is 0 Å². The Kier molecular flexibility index (Phi) is 3.85. The maximum Gasteiger partial charge on any atom is 0.268 e. The molecule has 3 rings (SSSR count). The van der Waals surface area contributed by atoms with Crippen LogP contribution in [0.2, 0.25) is 0 Å². The van der Waals surface area contributed by atoms with E-state index in [2.05, 4.69) is 10.3 Å². The van der Waals surface area contributed by atoms with E-state index < -0.39 is 5.91 Å². The number of H-pyrrole nitrogens is 1. The maximum atomic E-state index is 12.4. The molecule has 0 fully saturated rings. The third kappa shape index (κ3) is 3.08. The lowest BCUT2D eigenvalue weighted by atomic mass is 10.1. The van der Waals surface area contributed by atoms with E-state index in [4.69, 9.17) is 5.73 Å². The van der Waals surface area contributed by atoms with E-state index in [0.29, 0.717) is 16.8 Å². The Balaban J connectivity index is 1.82. The Labute approximate surface area is 133 Å². The van der Waals surface area contributed by atoms with E-state index in [1.165, 1.54) is 0 Å². The second-order valence-electron chi connectivity index (χ2n) is 5.46. The molecule has 2 amide bonds. The number of aromatic nitrogens is 1. The van der Waals surface area contributed by atoms with Crippen molar-refractivity contribution >= 4 is 22.7 Å². The predicted octanol–water partition coefficient (Wildman–Crippen LogP) is 2.76. The van der Waals surface area contributed by atoms with Gasteiger partial charge < -0.3 is 16.0 Å². The van der Waals surface area contributed by atoms with Gasteiger partial charge in [0.2, 0.25) is 5.91 Å². The number of primary amides is 1. The quantitative estimate of drug-likeness (QED) is 0.692. The number of hydrogen-bond acceptors (Lipinski definition) is 2. The second-order valence-corrected chi connectivity index (χ2v) is 5.46. The van der Waals surface area contributed by atoms with Gasteiger partial charge in [-0.25, -0.2) is 0 Å². The van der Waals surface area contributed by atoms with Crippen LogP contribution in [-0.2, 0) is 0 Å². The Hall–Kier alpha value is -3.08. The first kappa shape index (κ1) is 14.8. The molecular formula is C18H17N3O2. The van der Waals surface area contributed by atoms with Gasteiger partial charge in [-0.3, -0.25) is 9.59 Å². The summed E-state index contributed by atoms with van der Waals surface area (Å²) in [5.74, 6) is -0.691. The Morgan fingerprint density at radius 1 is 1.09 bits per heavy atom. The Morgan fingerprint density at radius 2 is 1.83 bits per heavy atom. The van der Waals surface area contributed by atoms with Crippen LogP contribution in [0.1, 0.15) is 39.4 Å². The minimum absolute atomic E-state index is 0.101. The summed E-state index contributed by atoms with van der Waals surface area (Å²) in [4.78, 5) is 26.6.